The summed E-state index contributed by atoms with van der Waals surface area (Å²) in [6.07, 6.45) is 4.97. The number of carbonyl (C=O) groups excluding carboxylic acids is 4. The molecule has 2 heterocycles. The van der Waals surface area contributed by atoms with Crippen LogP contribution in [0.15, 0.2) is 60.7 Å². The Morgan fingerprint density at radius 1 is 0.833 bits per heavy atom. The number of nitrogens with zero attached hydrogens (tertiary/aromatic N) is 3. The number of rotatable bonds is 4. The molecule has 2 aliphatic heterocycles. The number of hydrogen-bond donors (Lipinski definition) is 1. The number of amides is 4. The van der Waals surface area contributed by atoms with E-state index in [0.29, 0.717) is 61.6 Å². The Bertz CT molecular complexity index is 1220. The number of ether oxygens (including phenoxy) is 1. The Hall–Kier alpha value is -4.14. The first-order valence-corrected chi connectivity index (χ1v) is 12.1. The van der Waals surface area contributed by atoms with Gasteiger partial charge in [0, 0.05) is 37.3 Å². The normalized spacial score (nSPS) is 21.6. The summed E-state index contributed by atoms with van der Waals surface area (Å²) in [5.74, 6) is -0.660. The molecule has 2 atom stereocenters. The minimum Gasteiger partial charge on any atom is -0.497 e. The molecule has 2 aromatic rings. The third kappa shape index (κ3) is 4.44. The predicted molar refractivity (Wildman–Crippen MR) is 132 cm³/mol. The summed E-state index contributed by atoms with van der Waals surface area (Å²) in [6.45, 7) is 1.65. The van der Waals surface area contributed by atoms with Gasteiger partial charge in [-0.3, -0.25) is 24.6 Å². The molecule has 0 radical (unpaired) electrons. The molecule has 0 bridgehead atoms. The SMILES string of the molecule is COc1ccc(C(=O)N2CCN(C(=O)c3cccc(N4NC(=O)C5CC=CCC5C4=O)c3)CC2)cc1. The molecule has 1 aliphatic carbocycles. The maximum atomic E-state index is 13.2. The van der Waals surface area contributed by atoms with Gasteiger partial charge < -0.3 is 14.5 Å². The second-order valence-electron chi connectivity index (χ2n) is 9.17. The van der Waals surface area contributed by atoms with Crippen LogP contribution in [0.4, 0.5) is 5.69 Å². The first-order chi connectivity index (χ1) is 17.5. The van der Waals surface area contributed by atoms with Gasteiger partial charge in [0.05, 0.1) is 24.6 Å². The van der Waals surface area contributed by atoms with Crippen molar-refractivity contribution in [3.8, 4) is 5.75 Å². The third-order valence-corrected chi connectivity index (χ3v) is 7.07. The molecule has 2 saturated heterocycles. The molecule has 5 rings (SSSR count). The molecule has 1 N–H and O–H groups in total. The zero-order chi connectivity index (χ0) is 25.2. The first-order valence-electron chi connectivity index (χ1n) is 12.1. The number of fused-ring (bicyclic) bond motifs is 1. The van der Waals surface area contributed by atoms with E-state index in [4.69, 9.17) is 4.74 Å². The van der Waals surface area contributed by atoms with E-state index < -0.39 is 0 Å². The van der Waals surface area contributed by atoms with E-state index >= 15 is 0 Å². The van der Waals surface area contributed by atoms with Gasteiger partial charge in [-0.15, -0.1) is 0 Å². The molecule has 0 saturated carbocycles. The highest BCUT2D eigenvalue weighted by atomic mass is 16.5. The Labute approximate surface area is 209 Å². The summed E-state index contributed by atoms with van der Waals surface area (Å²) in [5, 5.41) is 1.27. The van der Waals surface area contributed by atoms with Crippen molar-refractivity contribution >= 4 is 29.3 Å². The third-order valence-electron chi connectivity index (χ3n) is 7.07. The van der Waals surface area contributed by atoms with Crippen LogP contribution in [0.2, 0.25) is 0 Å². The van der Waals surface area contributed by atoms with Gasteiger partial charge in [-0.2, -0.15) is 0 Å². The zero-order valence-electron chi connectivity index (χ0n) is 20.1. The number of benzene rings is 2. The monoisotopic (exact) mass is 488 g/mol. The quantitative estimate of drug-likeness (QED) is 0.666. The Balaban J connectivity index is 1.24. The lowest BCUT2D eigenvalue weighted by Gasteiger charge is -2.38. The van der Waals surface area contributed by atoms with Crippen LogP contribution in [0.25, 0.3) is 0 Å². The van der Waals surface area contributed by atoms with Crippen molar-refractivity contribution in [2.45, 2.75) is 12.8 Å². The molecule has 0 aromatic heterocycles. The van der Waals surface area contributed by atoms with Crippen LogP contribution in [-0.4, -0.2) is 66.7 Å². The van der Waals surface area contributed by atoms with E-state index in [-0.39, 0.29) is 35.5 Å². The molecule has 2 unspecified atom stereocenters. The molecular formula is C27H28N4O5. The van der Waals surface area contributed by atoms with Crippen molar-refractivity contribution in [2.24, 2.45) is 11.8 Å². The zero-order valence-corrected chi connectivity index (χ0v) is 20.1. The lowest BCUT2D eigenvalue weighted by Crippen LogP contribution is -2.59. The van der Waals surface area contributed by atoms with Gasteiger partial charge in [0.15, 0.2) is 0 Å². The van der Waals surface area contributed by atoms with Crippen LogP contribution in [0.3, 0.4) is 0 Å². The molecule has 3 aliphatic rings. The van der Waals surface area contributed by atoms with E-state index in [9.17, 15) is 19.2 Å². The van der Waals surface area contributed by atoms with E-state index in [1.807, 2.05) is 12.2 Å². The molecule has 9 nitrogen and oxygen atoms in total. The van der Waals surface area contributed by atoms with Crippen LogP contribution >= 0.6 is 0 Å². The number of piperazine rings is 1. The van der Waals surface area contributed by atoms with Crippen LogP contribution in [-0.2, 0) is 9.59 Å². The van der Waals surface area contributed by atoms with Crippen LogP contribution in [0.5, 0.6) is 5.75 Å². The van der Waals surface area contributed by atoms with Crippen molar-refractivity contribution < 1.29 is 23.9 Å². The number of methoxy groups -OCH3 is 1. The molecule has 9 heteroatoms. The van der Waals surface area contributed by atoms with Crippen molar-refractivity contribution in [2.75, 3.05) is 38.3 Å². The van der Waals surface area contributed by atoms with Gasteiger partial charge in [0.1, 0.15) is 5.75 Å². The average Bonchev–Trinajstić information content (AvgIpc) is 2.94. The highest BCUT2D eigenvalue weighted by Crippen LogP contribution is 2.32. The lowest BCUT2D eigenvalue weighted by molar-refractivity contribution is -0.139. The number of hydrogen-bond acceptors (Lipinski definition) is 5. The summed E-state index contributed by atoms with van der Waals surface area (Å²) in [4.78, 5) is 55.2. The van der Waals surface area contributed by atoms with Crippen molar-refractivity contribution in [3.05, 3.63) is 71.8 Å². The second kappa shape index (κ2) is 9.85. The van der Waals surface area contributed by atoms with E-state index in [2.05, 4.69) is 5.43 Å². The Morgan fingerprint density at radius 3 is 2.08 bits per heavy atom. The second-order valence-corrected chi connectivity index (χ2v) is 9.17. The summed E-state index contributed by atoms with van der Waals surface area (Å²) < 4.78 is 5.14. The Morgan fingerprint density at radius 2 is 1.44 bits per heavy atom. The lowest BCUT2D eigenvalue weighted by atomic mass is 9.80. The van der Waals surface area contributed by atoms with Crippen molar-refractivity contribution in [1.29, 1.82) is 0 Å². The summed E-state index contributed by atoms with van der Waals surface area (Å²) in [5.41, 5.74) is 4.16. The minimum absolute atomic E-state index is 0.0815. The summed E-state index contributed by atoms with van der Waals surface area (Å²) in [6, 6.07) is 13.7. The maximum absolute atomic E-state index is 13.2. The standard InChI is InChI=1S/C27H28N4O5/c1-36-21-11-9-18(10-12-21)25(33)29-13-15-30(16-14-29)26(34)19-5-4-6-20(17-19)31-27(35)23-8-3-2-7-22(23)24(32)28-31/h2-6,9-12,17,22-23H,7-8,13-16H2,1H3,(H,28,32). The fourth-order valence-corrected chi connectivity index (χ4v) is 4.97. The molecule has 36 heavy (non-hydrogen) atoms. The van der Waals surface area contributed by atoms with Crippen molar-refractivity contribution in [3.63, 3.8) is 0 Å². The summed E-state index contributed by atoms with van der Waals surface area (Å²) >= 11 is 0. The number of anilines is 1. The number of carbonyl (C=O) groups is 4. The molecule has 2 fully saturated rings. The Kier molecular flexibility index (Phi) is 6.45. The average molecular weight is 489 g/mol. The van der Waals surface area contributed by atoms with Crippen LogP contribution < -0.4 is 15.2 Å². The fraction of sp³-hybridized carbons (Fsp3) is 0.333. The van der Waals surface area contributed by atoms with Gasteiger partial charge in [-0.05, 0) is 55.3 Å². The first kappa shape index (κ1) is 23.6. The van der Waals surface area contributed by atoms with Gasteiger partial charge in [-0.1, -0.05) is 18.2 Å². The predicted octanol–water partition coefficient (Wildman–Crippen LogP) is 2.25. The van der Waals surface area contributed by atoms with E-state index in [1.54, 1.807) is 65.4 Å². The van der Waals surface area contributed by atoms with Crippen LogP contribution in [0, 0.1) is 11.8 Å². The summed E-state index contributed by atoms with van der Waals surface area (Å²) in [7, 11) is 1.58. The highest BCUT2D eigenvalue weighted by Gasteiger charge is 2.42. The molecule has 4 amide bonds. The maximum Gasteiger partial charge on any atom is 0.254 e. The molecule has 186 valence electrons. The molecule has 0 spiro atoms. The largest absolute Gasteiger partial charge is 0.497 e. The molecular weight excluding hydrogens is 460 g/mol. The van der Waals surface area contributed by atoms with Crippen LogP contribution in [0.1, 0.15) is 33.6 Å². The van der Waals surface area contributed by atoms with E-state index in [0.717, 1.165) is 0 Å². The minimum atomic E-state index is -0.389. The smallest absolute Gasteiger partial charge is 0.254 e. The van der Waals surface area contributed by atoms with Gasteiger partial charge in [0.25, 0.3) is 11.8 Å². The van der Waals surface area contributed by atoms with E-state index in [1.165, 1.54) is 5.01 Å². The number of nitrogens with one attached hydrogen (secondary N) is 1. The highest BCUT2D eigenvalue weighted by molar-refractivity contribution is 6.05. The topological polar surface area (TPSA) is 99.3 Å². The van der Waals surface area contributed by atoms with Gasteiger partial charge >= 0.3 is 0 Å². The van der Waals surface area contributed by atoms with Gasteiger partial charge in [-0.25, -0.2) is 5.01 Å². The van der Waals surface area contributed by atoms with Gasteiger partial charge in [0.2, 0.25) is 11.8 Å². The fourth-order valence-electron chi connectivity index (χ4n) is 4.97. The molecule has 2 aromatic carbocycles. The van der Waals surface area contributed by atoms with Crippen molar-refractivity contribution in [1.82, 2.24) is 15.2 Å². The number of hydrazine groups is 1. The number of allylic oxidation sites excluding steroid dienone is 2.